The number of hydrogen-bond donors (Lipinski definition) is 0. The van der Waals surface area contributed by atoms with Gasteiger partial charge in [-0.25, -0.2) is 0 Å². The second-order valence-corrected chi connectivity index (χ2v) is 14.0. The Kier molecular flexibility index (Phi) is 5.27. The fourth-order valence-corrected chi connectivity index (χ4v) is 11.6. The molecule has 18 unspecified atom stereocenters. The molecule has 5 saturated carbocycles. The first-order valence-electron chi connectivity index (χ1n) is 14.1. The van der Waals surface area contributed by atoms with Crippen LogP contribution < -0.4 is 0 Å². The summed E-state index contributed by atoms with van der Waals surface area (Å²) in [4.78, 5) is 0. The molecule has 0 aliphatic heterocycles. The SMILES string of the molecule is CC1C(C)C2CC3C(C)C(C)C(C)C4C(C)C(C)C(CC5C(C)C(C)C(C1C)C25)C34. The fourth-order valence-electron chi connectivity index (χ4n) is 11.6. The molecule has 0 saturated heterocycles. The highest BCUT2D eigenvalue weighted by atomic mass is 14.7. The van der Waals surface area contributed by atoms with Crippen molar-refractivity contribution in [3.8, 4) is 0 Å². The van der Waals surface area contributed by atoms with E-state index in [2.05, 4.69) is 69.2 Å². The van der Waals surface area contributed by atoms with E-state index >= 15 is 0 Å². The topological polar surface area (TPSA) is 0 Å². The van der Waals surface area contributed by atoms with Gasteiger partial charge in [-0.2, -0.15) is 0 Å². The van der Waals surface area contributed by atoms with Crippen molar-refractivity contribution in [1.29, 1.82) is 0 Å². The zero-order valence-electron chi connectivity index (χ0n) is 21.8. The average molecular weight is 413 g/mol. The van der Waals surface area contributed by atoms with Crippen LogP contribution in [0.15, 0.2) is 0 Å². The molecular weight excluding hydrogens is 360 g/mol. The van der Waals surface area contributed by atoms with E-state index in [0.717, 1.165) is 107 Å². The Labute approximate surface area is 188 Å². The normalized spacial score (nSPS) is 67.4. The summed E-state index contributed by atoms with van der Waals surface area (Å²) in [6.45, 7) is 26.5. The highest BCUT2D eigenvalue weighted by Gasteiger charge is 2.63. The van der Waals surface area contributed by atoms with Gasteiger partial charge in [0.15, 0.2) is 0 Å². The minimum Gasteiger partial charge on any atom is -0.0620 e. The van der Waals surface area contributed by atoms with Gasteiger partial charge >= 0.3 is 0 Å². The summed E-state index contributed by atoms with van der Waals surface area (Å²) in [7, 11) is 0. The Bertz CT molecular complexity index is 596. The quantitative estimate of drug-likeness (QED) is 0.377. The summed E-state index contributed by atoms with van der Waals surface area (Å²) in [6.07, 6.45) is 3.15. The molecule has 0 radical (unpaired) electrons. The largest absolute Gasteiger partial charge is 0.0620 e. The minimum absolute atomic E-state index is 0.910. The molecule has 30 heavy (non-hydrogen) atoms. The van der Waals surface area contributed by atoms with Crippen molar-refractivity contribution in [3.63, 3.8) is 0 Å². The Hall–Kier alpha value is 0. The van der Waals surface area contributed by atoms with Gasteiger partial charge in [0.25, 0.3) is 0 Å². The molecule has 5 aliphatic carbocycles. The van der Waals surface area contributed by atoms with Gasteiger partial charge < -0.3 is 0 Å². The standard InChI is InChI=1S/C30H52/c1-13-15(3)23-11-24-16(4)14(2)20(8)28-22(10)18(6)26(30(24)28)12-25-17(5)21(9)27(19(13)7)29(23)25/h13-30H,11-12H2,1-10H3. The van der Waals surface area contributed by atoms with Crippen LogP contribution in [-0.2, 0) is 0 Å². The lowest BCUT2D eigenvalue weighted by Gasteiger charge is -2.56. The van der Waals surface area contributed by atoms with Crippen LogP contribution in [0.3, 0.4) is 0 Å². The van der Waals surface area contributed by atoms with E-state index in [1.165, 1.54) is 0 Å². The summed E-state index contributed by atoms with van der Waals surface area (Å²) in [6, 6.07) is 0. The zero-order chi connectivity index (χ0) is 21.8. The smallest absolute Gasteiger partial charge is 0.0318 e. The molecule has 5 rings (SSSR count). The molecule has 0 nitrogen and oxygen atoms in total. The lowest BCUT2D eigenvalue weighted by atomic mass is 9.48. The van der Waals surface area contributed by atoms with Crippen LogP contribution in [0.5, 0.6) is 0 Å². The summed E-state index contributed by atoms with van der Waals surface area (Å²) in [5, 5.41) is 0. The number of rotatable bonds is 0. The highest BCUT2D eigenvalue weighted by molar-refractivity contribution is 5.11. The van der Waals surface area contributed by atoms with Gasteiger partial charge in [0, 0.05) is 0 Å². The summed E-state index contributed by atoms with van der Waals surface area (Å²) in [5.74, 6) is 17.4. The van der Waals surface area contributed by atoms with Gasteiger partial charge in [0.2, 0.25) is 0 Å². The highest BCUT2D eigenvalue weighted by Crippen LogP contribution is 2.69. The van der Waals surface area contributed by atoms with Crippen LogP contribution in [0.25, 0.3) is 0 Å². The molecule has 0 amide bonds. The molecular formula is C30H52. The van der Waals surface area contributed by atoms with E-state index in [1.807, 2.05) is 0 Å². The third-order valence-electron chi connectivity index (χ3n) is 14.1. The van der Waals surface area contributed by atoms with E-state index < -0.39 is 0 Å². The lowest BCUT2D eigenvalue weighted by Crippen LogP contribution is -2.51. The van der Waals surface area contributed by atoms with Crippen molar-refractivity contribution in [2.75, 3.05) is 0 Å². The van der Waals surface area contributed by atoms with Crippen LogP contribution in [0.1, 0.15) is 82.1 Å². The molecule has 0 bridgehead atoms. The first kappa shape index (κ1) is 21.8. The van der Waals surface area contributed by atoms with Crippen LogP contribution in [0.4, 0.5) is 0 Å². The molecule has 0 aromatic heterocycles. The monoisotopic (exact) mass is 412 g/mol. The minimum atomic E-state index is 0.910. The van der Waals surface area contributed by atoms with Gasteiger partial charge in [-0.15, -0.1) is 0 Å². The Morgan fingerprint density at radius 1 is 0.267 bits per heavy atom. The van der Waals surface area contributed by atoms with E-state index in [4.69, 9.17) is 0 Å². The Balaban J connectivity index is 1.61. The van der Waals surface area contributed by atoms with Crippen molar-refractivity contribution in [1.82, 2.24) is 0 Å². The Morgan fingerprint density at radius 3 is 0.800 bits per heavy atom. The van der Waals surface area contributed by atoms with Gasteiger partial charge in [0.05, 0.1) is 0 Å². The predicted octanol–water partition coefficient (Wildman–Crippen LogP) is 8.13. The van der Waals surface area contributed by atoms with Crippen molar-refractivity contribution in [2.45, 2.75) is 82.1 Å². The number of hydrogen-bond acceptors (Lipinski definition) is 0. The van der Waals surface area contributed by atoms with Crippen LogP contribution in [-0.4, -0.2) is 0 Å². The third kappa shape index (κ3) is 2.64. The molecule has 0 N–H and O–H groups in total. The van der Waals surface area contributed by atoms with Gasteiger partial charge in [-0.05, 0) is 119 Å². The van der Waals surface area contributed by atoms with E-state index in [-0.39, 0.29) is 0 Å². The van der Waals surface area contributed by atoms with E-state index in [1.54, 1.807) is 12.8 Å². The second-order valence-electron chi connectivity index (χ2n) is 14.0. The first-order chi connectivity index (χ1) is 14.1. The van der Waals surface area contributed by atoms with Crippen molar-refractivity contribution >= 4 is 0 Å². The molecule has 0 aromatic carbocycles. The average Bonchev–Trinajstić information content (AvgIpc) is 3.09. The van der Waals surface area contributed by atoms with Crippen LogP contribution in [0, 0.1) is 107 Å². The van der Waals surface area contributed by atoms with Crippen molar-refractivity contribution in [2.24, 2.45) is 107 Å². The maximum atomic E-state index is 2.67. The van der Waals surface area contributed by atoms with Gasteiger partial charge in [-0.1, -0.05) is 69.2 Å². The van der Waals surface area contributed by atoms with E-state index in [9.17, 15) is 0 Å². The summed E-state index contributed by atoms with van der Waals surface area (Å²) in [5.41, 5.74) is 0. The molecule has 5 fully saturated rings. The maximum Gasteiger partial charge on any atom is -0.0318 e. The van der Waals surface area contributed by atoms with E-state index in [0.29, 0.717) is 0 Å². The third-order valence-corrected chi connectivity index (χ3v) is 14.1. The maximum absolute atomic E-state index is 2.67. The Morgan fingerprint density at radius 2 is 0.500 bits per heavy atom. The summed E-state index contributed by atoms with van der Waals surface area (Å²) < 4.78 is 0. The fraction of sp³-hybridized carbons (Fsp3) is 1.00. The molecule has 0 aromatic rings. The molecule has 18 atom stereocenters. The molecule has 5 aliphatic rings. The molecule has 0 heterocycles. The van der Waals surface area contributed by atoms with Gasteiger partial charge in [0.1, 0.15) is 0 Å². The lowest BCUT2D eigenvalue weighted by molar-refractivity contribution is -0.0842. The molecule has 0 spiro atoms. The van der Waals surface area contributed by atoms with Crippen LogP contribution >= 0.6 is 0 Å². The van der Waals surface area contributed by atoms with Crippen molar-refractivity contribution < 1.29 is 0 Å². The van der Waals surface area contributed by atoms with Gasteiger partial charge in [-0.3, -0.25) is 0 Å². The first-order valence-corrected chi connectivity index (χ1v) is 14.1. The second kappa shape index (κ2) is 7.25. The van der Waals surface area contributed by atoms with Crippen molar-refractivity contribution in [3.05, 3.63) is 0 Å². The predicted molar refractivity (Wildman–Crippen MR) is 129 cm³/mol. The summed E-state index contributed by atoms with van der Waals surface area (Å²) >= 11 is 0. The molecule has 172 valence electrons. The van der Waals surface area contributed by atoms with Crippen LogP contribution in [0.2, 0.25) is 0 Å². The molecule has 0 heteroatoms. The zero-order valence-corrected chi connectivity index (χ0v) is 21.8.